The van der Waals surface area contributed by atoms with E-state index in [1.807, 2.05) is 69.7 Å². The van der Waals surface area contributed by atoms with Crippen LogP contribution in [0.2, 0.25) is 0 Å². The molecule has 1 saturated heterocycles. The zero-order valence-corrected chi connectivity index (χ0v) is 17.2. The van der Waals surface area contributed by atoms with Gasteiger partial charge in [-0.25, -0.2) is 4.68 Å². The SMILES string of the molecule is CC(C)N1CCC(N(C(=O)c2cccs2)c2ccn(-c3ccccc3)n2)CC1. The molecule has 6 heteroatoms. The van der Waals surface area contributed by atoms with Crippen molar-refractivity contribution in [2.45, 2.75) is 38.8 Å². The summed E-state index contributed by atoms with van der Waals surface area (Å²) in [6, 6.07) is 16.5. The van der Waals surface area contributed by atoms with Crippen LogP contribution in [0.1, 0.15) is 36.4 Å². The summed E-state index contributed by atoms with van der Waals surface area (Å²) in [5.41, 5.74) is 0.992. The van der Waals surface area contributed by atoms with Gasteiger partial charge in [-0.05, 0) is 50.3 Å². The largest absolute Gasteiger partial charge is 0.301 e. The molecule has 28 heavy (non-hydrogen) atoms. The number of hydrogen-bond donors (Lipinski definition) is 0. The van der Waals surface area contributed by atoms with E-state index in [0.29, 0.717) is 6.04 Å². The first kappa shape index (κ1) is 18.9. The second-order valence-electron chi connectivity index (χ2n) is 7.47. The Balaban J connectivity index is 1.62. The first-order valence-electron chi connectivity index (χ1n) is 9.85. The van der Waals surface area contributed by atoms with E-state index in [9.17, 15) is 4.79 Å². The fourth-order valence-electron chi connectivity index (χ4n) is 3.80. The Bertz CT molecular complexity index is 896. The minimum absolute atomic E-state index is 0.0521. The van der Waals surface area contributed by atoms with Crippen LogP contribution in [0, 0.1) is 0 Å². The van der Waals surface area contributed by atoms with Gasteiger partial charge in [0.1, 0.15) is 0 Å². The number of hydrogen-bond acceptors (Lipinski definition) is 4. The second-order valence-corrected chi connectivity index (χ2v) is 8.42. The number of anilines is 1. The van der Waals surface area contributed by atoms with Gasteiger partial charge in [-0.1, -0.05) is 24.3 Å². The zero-order valence-electron chi connectivity index (χ0n) is 16.4. The first-order chi connectivity index (χ1) is 13.6. The monoisotopic (exact) mass is 394 g/mol. The minimum Gasteiger partial charge on any atom is -0.301 e. The molecule has 1 aliphatic rings. The molecule has 0 saturated carbocycles. The number of benzene rings is 1. The van der Waals surface area contributed by atoms with E-state index in [1.165, 1.54) is 11.3 Å². The predicted molar refractivity (Wildman–Crippen MR) is 114 cm³/mol. The summed E-state index contributed by atoms with van der Waals surface area (Å²) in [5, 5.41) is 6.71. The number of carbonyl (C=O) groups excluding carboxylic acids is 1. The molecule has 0 unspecified atom stereocenters. The number of rotatable bonds is 5. The summed E-state index contributed by atoms with van der Waals surface area (Å²) < 4.78 is 1.84. The summed E-state index contributed by atoms with van der Waals surface area (Å²) in [7, 11) is 0. The van der Waals surface area contributed by atoms with Crippen LogP contribution in [0.15, 0.2) is 60.1 Å². The van der Waals surface area contributed by atoms with Crippen LogP contribution in [0.3, 0.4) is 0 Å². The quantitative estimate of drug-likeness (QED) is 0.642. The summed E-state index contributed by atoms with van der Waals surface area (Å²) in [4.78, 5) is 18.5. The lowest BCUT2D eigenvalue weighted by Gasteiger charge is -2.39. The fraction of sp³-hybridized carbons (Fsp3) is 0.364. The Morgan fingerprint density at radius 2 is 1.86 bits per heavy atom. The van der Waals surface area contributed by atoms with Crippen molar-refractivity contribution in [1.82, 2.24) is 14.7 Å². The van der Waals surface area contributed by atoms with Crippen LogP contribution in [0.4, 0.5) is 5.82 Å². The van der Waals surface area contributed by atoms with Crippen LogP contribution >= 0.6 is 11.3 Å². The highest BCUT2D eigenvalue weighted by molar-refractivity contribution is 7.12. The van der Waals surface area contributed by atoms with Gasteiger partial charge in [-0.2, -0.15) is 0 Å². The van der Waals surface area contributed by atoms with Crippen LogP contribution in [-0.2, 0) is 0 Å². The van der Waals surface area contributed by atoms with E-state index in [-0.39, 0.29) is 11.9 Å². The minimum atomic E-state index is 0.0521. The van der Waals surface area contributed by atoms with Crippen LogP contribution in [0.25, 0.3) is 5.69 Å². The molecule has 0 spiro atoms. The number of likely N-dealkylation sites (tertiary alicyclic amines) is 1. The Morgan fingerprint density at radius 3 is 2.50 bits per heavy atom. The molecule has 4 rings (SSSR count). The maximum atomic E-state index is 13.3. The number of piperidine rings is 1. The topological polar surface area (TPSA) is 41.4 Å². The lowest BCUT2D eigenvalue weighted by molar-refractivity contribution is 0.0956. The molecule has 146 valence electrons. The van der Waals surface area contributed by atoms with Crippen molar-refractivity contribution in [2.75, 3.05) is 18.0 Å². The average Bonchev–Trinajstić information content (AvgIpc) is 3.42. The molecule has 0 N–H and O–H groups in total. The highest BCUT2D eigenvalue weighted by Crippen LogP contribution is 2.27. The second kappa shape index (κ2) is 8.29. The molecule has 3 aromatic rings. The van der Waals surface area contributed by atoms with Crippen molar-refractivity contribution in [1.29, 1.82) is 0 Å². The fourth-order valence-corrected chi connectivity index (χ4v) is 4.46. The van der Waals surface area contributed by atoms with E-state index < -0.39 is 0 Å². The molecule has 0 radical (unpaired) electrons. The third-order valence-electron chi connectivity index (χ3n) is 5.39. The molecule has 5 nitrogen and oxygen atoms in total. The van der Waals surface area contributed by atoms with Crippen LogP contribution in [0.5, 0.6) is 0 Å². The molecule has 1 aliphatic heterocycles. The summed E-state index contributed by atoms with van der Waals surface area (Å²) in [6.45, 7) is 6.48. The van der Waals surface area contributed by atoms with Gasteiger partial charge in [-0.15, -0.1) is 16.4 Å². The Kier molecular flexibility index (Phi) is 5.59. The normalized spacial score (nSPS) is 15.8. The van der Waals surface area contributed by atoms with Gasteiger partial charge >= 0.3 is 0 Å². The maximum Gasteiger partial charge on any atom is 0.269 e. The third-order valence-corrected chi connectivity index (χ3v) is 6.25. The van der Waals surface area contributed by atoms with Crippen LogP contribution < -0.4 is 4.90 Å². The summed E-state index contributed by atoms with van der Waals surface area (Å²) in [6.07, 6.45) is 3.86. The van der Waals surface area contributed by atoms with Gasteiger partial charge in [0.2, 0.25) is 0 Å². The average molecular weight is 395 g/mol. The van der Waals surface area contributed by atoms with Gasteiger partial charge in [0, 0.05) is 37.4 Å². The van der Waals surface area contributed by atoms with E-state index in [2.05, 4.69) is 18.7 Å². The van der Waals surface area contributed by atoms with Gasteiger partial charge in [0.25, 0.3) is 5.91 Å². The van der Waals surface area contributed by atoms with Crippen molar-refractivity contribution < 1.29 is 4.79 Å². The van der Waals surface area contributed by atoms with E-state index in [4.69, 9.17) is 5.10 Å². The standard InChI is InChI=1S/C22H26N4OS/c1-17(2)24-13-10-19(11-14-24)26(22(27)20-9-6-16-28-20)21-12-15-25(23-21)18-7-4-3-5-8-18/h3-9,12,15-17,19H,10-11,13-14H2,1-2H3. The van der Waals surface area contributed by atoms with Crippen molar-refractivity contribution in [3.8, 4) is 5.69 Å². The molecule has 1 aromatic carbocycles. The molecule has 1 amide bonds. The number of para-hydroxylation sites is 1. The molecule has 0 bridgehead atoms. The lowest BCUT2D eigenvalue weighted by atomic mass is 10.0. The van der Waals surface area contributed by atoms with Crippen molar-refractivity contribution in [3.05, 3.63) is 65.0 Å². The van der Waals surface area contributed by atoms with Crippen molar-refractivity contribution >= 4 is 23.1 Å². The number of aromatic nitrogens is 2. The predicted octanol–water partition coefficient (Wildman–Crippen LogP) is 4.45. The Morgan fingerprint density at radius 1 is 1.11 bits per heavy atom. The third kappa shape index (κ3) is 3.88. The highest BCUT2D eigenvalue weighted by Gasteiger charge is 2.32. The van der Waals surface area contributed by atoms with E-state index >= 15 is 0 Å². The maximum absolute atomic E-state index is 13.3. The molecule has 0 aliphatic carbocycles. The molecule has 2 aromatic heterocycles. The zero-order chi connectivity index (χ0) is 19.5. The molecular weight excluding hydrogens is 368 g/mol. The first-order valence-corrected chi connectivity index (χ1v) is 10.7. The van der Waals surface area contributed by atoms with Gasteiger partial charge in [0.05, 0.1) is 10.6 Å². The van der Waals surface area contributed by atoms with E-state index in [1.54, 1.807) is 0 Å². The van der Waals surface area contributed by atoms with Gasteiger partial charge in [0.15, 0.2) is 5.82 Å². The molecule has 1 fully saturated rings. The lowest BCUT2D eigenvalue weighted by Crippen LogP contribution is -2.49. The highest BCUT2D eigenvalue weighted by atomic mass is 32.1. The number of thiophene rings is 1. The summed E-state index contributed by atoms with van der Waals surface area (Å²) in [5.74, 6) is 0.779. The Hall–Kier alpha value is -2.44. The van der Waals surface area contributed by atoms with Gasteiger partial charge in [-0.3, -0.25) is 9.69 Å². The van der Waals surface area contributed by atoms with Crippen LogP contribution in [-0.4, -0.2) is 45.8 Å². The molecular formula is C22H26N4OS. The number of nitrogens with zero attached hydrogens (tertiary/aromatic N) is 4. The molecule has 0 atom stereocenters. The van der Waals surface area contributed by atoms with E-state index in [0.717, 1.165) is 42.3 Å². The van der Waals surface area contributed by atoms with Gasteiger partial charge < -0.3 is 4.90 Å². The summed E-state index contributed by atoms with van der Waals surface area (Å²) >= 11 is 1.49. The van der Waals surface area contributed by atoms with Crippen molar-refractivity contribution in [2.24, 2.45) is 0 Å². The Labute approximate surface area is 170 Å². The number of amides is 1. The smallest absolute Gasteiger partial charge is 0.269 e. The van der Waals surface area contributed by atoms with Crippen molar-refractivity contribution in [3.63, 3.8) is 0 Å². The molecule has 3 heterocycles. The number of carbonyl (C=O) groups is 1.